The van der Waals surface area contributed by atoms with Crippen LogP contribution in [0.3, 0.4) is 0 Å². The van der Waals surface area contributed by atoms with Crippen molar-refractivity contribution in [3.05, 3.63) is 58.1 Å². The fourth-order valence-electron chi connectivity index (χ4n) is 3.09. The molecule has 0 saturated carbocycles. The highest BCUT2D eigenvalue weighted by molar-refractivity contribution is 6.35. The molecule has 2 aromatic rings. The third-order valence-electron chi connectivity index (χ3n) is 4.86. The molecular formula is C21H23Cl2N3O2. The molecule has 7 heteroatoms. The lowest BCUT2D eigenvalue weighted by molar-refractivity contribution is -0.114. The van der Waals surface area contributed by atoms with Gasteiger partial charge >= 0.3 is 0 Å². The van der Waals surface area contributed by atoms with E-state index in [-0.39, 0.29) is 18.4 Å². The first kappa shape index (κ1) is 20.5. The number of rotatable bonds is 5. The number of anilines is 2. The summed E-state index contributed by atoms with van der Waals surface area (Å²) in [7, 11) is 0. The maximum absolute atomic E-state index is 12.6. The molecule has 5 nitrogen and oxygen atoms in total. The van der Waals surface area contributed by atoms with Crippen molar-refractivity contribution in [2.75, 3.05) is 30.3 Å². The van der Waals surface area contributed by atoms with Crippen molar-refractivity contribution in [3.63, 3.8) is 0 Å². The smallest absolute Gasteiger partial charge is 0.253 e. The van der Waals surface area contributed by atoms with Crippen molar-refractivity contribution in [2.24, 2.45) is 5.92 Å². The third-order valence-corrected chi connectivity index (χ3v) is 5.42. The van der Waals surface area contributed by atoms with Crippen molar-refractivity contribution < 1.29 is 9.59 Å². The van der Waals surface area contributed by atoms with Crippen LogP contribution >= 0.6 is 23.2 Å². The average Bonchev–Trinajstić information content (AvgIpc) is 2.70. The maximum atomic E-state index is 12.6. The van der Waals surface area contributed by atoms with Gasteiger partial charge in [0.05, 0.1) is 17.3 Å². The quantitative estimate of drug-likeness (QED) is 0.722. The number of piperidine rings is 1. The number of carbonyl (C=O) groups excluding carboxylic acids is 2. The molecule has 1 saturated heterocycles. The number of nitrogens with one attached hydrogen (secondary N) is 2. The SMILES string of the molecule is CC1CCN(C(=O)c2ccc(NCC(=O)Nc3cc(Cl)ccc3Cl)cc2)CC1. The van der Waals surface area contributed by atoms with Gasteiger partial charge in [-0.15, -0.1) is 0 Å². The Labute approximate surface area is 175 Å². The predicted octanol–water partition coefficient (Wildman–Crippen LogP) is 4.92. The highest BCUT2D eigenvalue weighted by Crippen LogP contribution is 2.25. The number of nitrogens with zero attached hydrogens (tertiary/aromatic N) is 1. The molecule has 0 aromatic heterocycles. The fourth-order valence-corrected chi connectivity index (χ4v) is 3.43. The first-order valence-corrected chi connectivity index (χ1v) is 10.1. The summed E-state index contributed by atoms with van der Waals surface area (Å²) in [4.78, 5) is 26.6. The Morgan fingerprint density at radius 3 is 2.43 bits per heavy atom. The van der Waals surface area contributed by atoms with E-state index in [1.54, 1.807) is 42.5 Å². The van der Waals surface area contributed by atoms with E-state index in [2.05, 4.69) is 17.6 Å². The van der Waals surface area contributed by atoms with Gasteiger partial charge in [0.2, 0.25) is 5.91 Å². The second kappa shape index (κ2) is 9.30. The van der Waals surface area contributed by atoms with Crippen LogP contribution < -0.4 is 10.6 Å². The molecule has 1 aliphatic rings. The molecule has 0 aliphatic carbocycles. The standard InChI is InChI=1S/C21H23Cl2N3O2/c1-14-8-10-26(11-9-14)21(28)15-2-5-17(6-3-15)24-13-20(27)25-19-12-16(22)4-7-18(19)23/h2-7,12,14,24H,8-11,13H2,1H3,(H,25,27). The topological polar surface area (TPSA) is 61.4 Å². The Morgan fingerprint density at radius 1 is 1.07 bits per heavy atom. The van der Waals surface area contributed by atoms with Gasteiger partial charge in [-0.05, 0) is 61.2 Å². The number of benzene rings is 2. The minimum atomic E-state index is -0.244. The molecule has 2 amide bonds. The van der Waals surface area contributed by atoms with Crippen LogP contribution in [0.2, 0.25) is 10.0 Å². The van der Waals surface area contributed by atoms with Gasteiger partial charge in [0.25, 0.3) is 5.91 Å². The Hall–Kier alpha value is -2.24. The van der Waals surface area contributed by atoms with Crippen molar-refractivity contribution in [2.45, 2.75) is 19.8 Å². The van der Waals surface area contributed by atoms with Gasteiger partial charge in [-0.3, -0.25) is 9.59 Å². The Kier molecular flexibility index (Phi) is 6.81. The van der Waals surface area contributed by atoms with E-state index in [4.69, 9.17) is 23.2 Å². The van der Waals surface area contributed by atoms with Crippen LogP contribution in [0.25, 0.3) is 0 Å². The van der Waals surface area contributed by atoms with Gasteiger partial charge in [-0.25, -0.2) is 0 Å². The lowest BCUT2D eigenvalue weighted by atomic mass is 9.98. The minimum absolute atomic E-state index is 0.0618. The average molecular weight is 420 g/mol. The third kappa shape index (κ3) is 5.40. The summed E-state index contributed by atoms with van der Waals surface area (Å²) in [5.41, 5.74) is 1.89. The first-order chi connectivity index (χ1) is 13.4. The number of likely N-dealkylation sites (tertiary alicyclic amines) is 1. The molecular weight excluding hydrogens is 397 g/mol. The van der Waals surface area contributed by atoms with Gasteiger partial charge in [-0.2, -0.15) is 0 Å². The number of amides is 2. The van der Waals surface area contributed by atoms with Crippen LogP contribution in [0, 0.1) is 5.92 Å². The van der Waals surface area contributed by atoms with Crippen LogP contribution in [0.5, 0.6) is 0 Å². The highest BCUT2D eigenvalue weighted by atomic mass is 35.5. The Bertz CT molecular complexity index is 847. The summed E-state index contributed by atoms with van der Waals surface area (Å²) in [6, 6.07) is 12.1. The van der Waals surface area contributed by atoms with E-state index in [0.29, 0.717) is 27.2 Å². The van der Waals surface area contributed by atoms with E-state index < -0.39 is 0 Å². The Balaban J connectivity index is 1.52. The molecule has 1 heterocycles. The van der Waals surface area contributed by atoms with Gasteiger partial charge in [-0.1, -0.05) is 30.1 Å². The van der Waals surface area contributed by atoms with E-state index in [1.165, 1.54) is 0 Å². The highest BCUT2D eigenvalue weighted by Gasteiger charge is 2.21. The van der Waals surface area contributed by atoms with Crippen molar-refractivity contribution in [1.29, 1.82) is 0 Å². The zero-order valence-corrected chi connectivity index (χ0v) is 17.2. The van der Waals surface area contributed by atoms with Gasteiger partial charge in [0, 0.05) is 29.4 Å². The van der Waals surface area contributed by atoms with Crippen molar-refractivity contribution >= 4 is 46.4 Å². The molecule has 28 heavy (non-hydrogen) atoms. The monoisotopic (exact) mass is 419 g/mol. The van der Waals surface area contributed by atoms with Crippen molar-refractivity contribution in [3.8, 4) is 0 Å². The maximum Gasteiger partial charge on any atom is 0.253 e. The van der Waals surface area contributed by atoms with Crippen molar-refractivity contribution in [1.82, 2.24) is 4.90 Å². The molecule has 0 spiro atoms. The van der Waals surface area contributed by atoms with Crippen LogP contribution in [0.1, 0.15) is 30.1 Å². The number of hydrogen-bond donors (Lipinski definition) is 2. The lowest BCUT2D eigenvalue weighted by Gasteiger charge is -2.30. The zero-order valence-electron chi connectivity index (χ0n) is 15.7. The summed E-state index contributed by atoms with van der Waals surface area (Å²) >= 11 is 12.0. The van der Waals surface area contributed by atoms with Crippen LogP contribution in [-0.4, -0.2) is 36.3 Å². The predicted molar refractivity (Wildman–Crippen MR) is 114 cm³/mol. The summed E-state index contributed by atoms with van der Waals surface area (Å²) in [5, 5.41) is 6.68. The second-order valence-corrected chi connectivity index (χ2v) is 7.92. The minimum Gasteiger partial charge on any atom is -0.376 e. The lowest BCUT2D eigenvalue weighted by Crippen LogP contribution is -2.37. The normalized spacial score (nSPS) is 14.6. The second-order valence-electron chi connectivity index (χ2n) is 7.08. The van der Waals surface area contributed by atoms with Crippen LogP contribution in [0.4, 0.5) is 11.4 Å². The van der Waals surface area contributed by atoms with E-state index in [0.717, 1.165) is 31.6 Å². The molecule has 1 aliphatic heterocycles. The molecule has 2 aromatic carbocycles. The molecule has 0 unspecified atom stereocenters. The molecule has 2 N–H and O–H groups in total. The summed E-state index contributed by atoms with van der Waals surface area (Å²) in [6.45, 7) is 3.91. The van der Waals surface area contributed by atoms with Gasteiger partial charge < -0.3 is 15.5 Å². The number of hydrogen-bond acceptors (Lipinski definition) is 3. The molecule has 3 rings (SSSR count). The first-order valence-electron chi connectivity index (χ1n) is 9.30. The molecule has 0 bridgehead atoms. The summed E-state index contributed by atoms with van der Waals surface area (Å²) in [5.74, 6) is 0.502. The van der Waals surface area contributed by atoms with Gasteiger partial charge in [0.1, 0.15) is 0 Å². The Morgan fingerprint density at radius 2 is 1.75 bits per heavy atom. The number of carbonyl (C=O) groups is 2. The van der Waals surface area contributed by atoms with Crippen LogP contribution in [-0.2, 0) is 4.79 Å². The molecule has 0 atom stereocenters. The van der Waals surface area contributed by atoms with E-state index >= 15 is 0 Å². The summed E-state index contributed by atoms with van der Waals surface area (Å²) in [6.07, 6.45) is 2.11. The van der Waals surface area contributed by atoms with Crippen LogP contribution in [0.15, 0.2) is 42.5 Å². The zero-order chi connectivity index (χ0) is 20.1. The van der Waals surface area contributed by atoms with Gasteiger partial charge in [0.15, 0.2) is 0 Å². The number of halogens is 2. The van der Waals surface area contributed by atoms with E-state index in [1.807, 2.05) is 4.90 Å². The largest absolute Gasteiger partial charge is 0.376 e. The molecule has 0 radical (unpaired) electrons. The molecule has 1 fully saturated rings. The van der Waals surface area contributed by atoms with E-state index in [9.17, 15) is 9.59 Å². The fraction of sp³-hybridized carbons (Fsp3) is 0.333. The summed E-state index contributed by atoms with van der Waals surface area (Å²) < 4.78 is 0. The molecule has 148 valence electrons.